The van der Waals surface area contributed by atoms with Gasteiger partial charge in [-0.05, 0) is 35.7 Å². The molecule has 0 heterocycles. The molecule has 2 aromatic carbocycles. The fourth-order valence-electron chi connectivity index (χ4n) is 2.74. The Labute approximate surface area is 168 Å². The van der Waals surface area contributed by atoms with E-state index < -0.39 is 6.04 Å². The van der Waals surface area contributed by atoms with Crippen LogP contribution in [-0.4, -0.2) is 36.9 Å². The maximum absolute atomic E-state index is 12.9. The van der Waals surface area contributed by atoms with Crippen LogP contribution in [0.3, 0.4) is 0 Å². The molecule has 0 aliphatic carbocycles. The monoisotopic (exact) mass is 432 g/mol. The summed E-state index contributed by atoms with van der Waals surface area (Å²) < 4.78 is 6.24. The Balaban J connectivity index is 2.12. The van der Waals surface area contributed by atoms with E-state index in [0.717, 1.165) is 10.0 Å². The van der Waals surface area contributed by atoms with E-state index in [1.807, 2.05) is 38.1 Å². The van der Waals surface area contributed by atoms with Gasteiger partial charge in [0.15, 0.2) is 0 Å². The van der Waals surface area contributed by atoms with Gasteiger partial charge < -0.3 is 15.0 Å². The van der Waals surface area contributed by atoms with Gasteiger partial charge in [-0.15, -0.1) is 0 Å². The summed E-state index contributed by atoms with van der Waals surface area (Å²) in [6, 6.07) is 14.2. The summed E-state index contributed by atoms with van der Waals surface area (Å²) in [5.41, 5.74) is 1.43. The molecule has 0 aromatic heterocycles. The topological polar surface area (TPSA) is 58.6 Å². The maximum Gasteiger partial charge on any atom is 0.255 e. The van der Waals surface area contributed by atoms with E-state index in [1.165, 1.54) is 7.11 Å². The highest BCUT2D eigenvalue weighted by atomic mass is 79.9. The third kappa shape index (κ3) is 5.57. The molecule has 2 rings (SSSR count). The van der Waals surface area contributed by atoms with Crippen molar-refractivity contribution >= 4 is 27.7 Å². The molecule has 0 saturated heterocycles. The molecule has 27 heavy (non-hydrogen) atoms. The first-order valence-electron chi connectivity index (χ1n) is 8.76. The molecule has 1 atom stereocenters. The van der Waals surface area contributed by atoms with Crippen molar-refractivity contribution in [3.8, 4) is 5.75 Å². The molecule has 0 aliphatic heterocycles. The summed E-state index contributed by atoms with van der Waals surface area (Å²) in [6.07, 6.45) is 0. The van der Waals surface area contributed by atoms with Gasteiger partial charge in [-0.3, -0.25) is 9.59 Å². The Morgan fingerprint density at radius 3 is 2.33 bits per heavy atom. The van der Waals surface area contributed by atoms with Crippen LogP contribution in [0.2, 0.25) is 0 Å². The molecule has 2 amide bonds. The molecule has 6 heteroatoms. The number of methoxy groups -OCH3 is 1. The summed E-state index contributed by atoms with van der Waals surface area (Å²) in [6.45, 7) is 4.30. The number of para-hydroxylation sites is 1. The molecular weight excluding hydrogens is 408 g/mol. The lowest BCUT2D eigenvalue weighted by molar-refractivity contribution is -0.133. The second kappa shape index (κ2) is 9.55. The van der Waals surface area contributed by atoms with Crippen LogP contribution in [-0.2, 0) is 11.3 Å². The zero-order chi connectivity index (χ0) is 20.0. The first-order valence-corrected chi connectivity index (χ1v) is 9.56. The second-order valence-electron chi connectivity index (χ2n) is 6.72. The molecular formula is C21H25BrN2O3. The second-order valence-corrected chi connectivity index (χ2v) is 7.63. The average molecular weight is 433 g/mol. The van der Waals surface area contributed by atoms with Crippen LogP contribution >= 0.6 is 15.9 Å². The van der Waals surface area contributed by atoms with Crippen molar-refractivity contribution in [3.63, 3.8) is 0 Å². The number of nitrogens with one attached hydrogen (secondary N) is 1. The molecule has 0 radical (unpaired) electrons. The molecule has 1 N–H and O–H groups in total. The molecule has 0 saturated carbocycles. The zero-order valence-corrected chi connectivity index (χ0v) is 17.6. The lowest BCUT2D eigenvalue weighted by Crippen LogP contribution is -2.50. The van der Waals surface area contributed by atoms with E-state index in [-0.39, 0.29) is 17.7 Å². The van der Waals surface area contributed by atoms with Gasteiger partial charge in [0.2, 0.25) is 5.91 Å². The minimum absolute atomic E-state index is 0.0523. The number of halogens is 1. The summed E-state index contributed by atoms with van der Waals surface area (Å²) in [5.74, 6) is -0.0237. The smallest absolute Gasteiger partial charge is 0.255 e. The van der Waals surface area contributed by atoms with Crippen molar-refractivity contribution < 1.29 is 14.3 Å². The third-order valence-electron chi connectivity index (χ3n) is 4.28. The summed E-state index contributed by atoms with van der Waals surface area (Å²) in [4.78, 5) is 27.3. The van der Waals surface area contributed by atoms with Crippen LogP contribution in [0.4, 0.5) is 0 Å². The number of carbonyl (C=O) groups excluding carboxylic acids is 2. The first kappa shape index (κ1) is 21.0. The number of hydrogen-bond donors (Lipinski definition) is 1. The molecule has 0 bridgehead atoms. The largest absolute Gasteiger partial charge is 0.496 e. The van der Waals surface area contributed by atoms with Gasteiger partial charge in [-0.1, -0.05) is 54.0 Å². The molecule has 0 aliphatic rings. The van der Waals surface area contributed by atoms with Gasteiger partial charge in [0.1, 0.15) is 11.8 Å². The minimum atomic E-state index is -0.622. The van der Waals surface area contributed by atoms with Crippen molar-refractivity contribution in [2.24, 2.45) is 5.92 Å². The van der Waals surface area contributed by atoms with Crippen molar-refractivity contribution in [3.05, 3.63) is 64.1 Å². The van der Waals surface area contributed by atoms with Crippen molar-refractivity contribution in [2.45, 2.75) is 26.4 Å². The number of amides is 2. The van der Waals surface area contributed by atoms with E-state index in [0.29, 0.717) is 17.9 Å². The molecule has 0 unspecified atom stereocenters. The molecule has 0 spiro atoms. The van der Waals surface area contributed by atoms with Crippen molar-refractivity contribution in [1.29, 1.82) is 0 Å². The van der Waals surface area contributed by atoms with E-state index in [9.17, 15) is 9.59 Å². The highest BCUT2D eigenvalue weighted by Crippen LogP contribution is 2.18. The minimum Gasteiger partial charge on any atom is -0.496 e. The van der Waals surface area contributed by atoms with Gasteiger partial charge >= 0.3 is 0 Å². The SMILES string of the molecule is COc1ccccc1C(=O)N[C@H](C(=O)N(C)Cc1ccc(Br)cc1)C(C)C. The Morgan fingerprint density at radius 2 is 1.74 bits per heavy atom. The Bertz CT molecular complexity index is 790. The van der Waals surface area contributed by atoms with Gasteiger partial charge in [0.25, 0.3) is 5.91 Å². The lowest BCUT2D eigenvalue weighted by atomic mass is 10.0. The number of benzene rings is 2. The molecule has 5 nitrogen and oxygen atoms in total. The average Bonchev–Trinajstić information content (AvgIpc) is 2.66. The predicted molar refractivity (Wildman–Crippen MR) is 110 cm³/mol. The number of rotatable bonds is 7. The van der Waals surface area contributed by atoms with Crippen LogP contribution in [0.5, 0.6) is 5.75 Å². The molecule has 144 valence electrons. The highest BCUT2D eigenvalue weighted by molar-refractivity contribution is 9.10. The summed E-state index contributed by atoms with van der Waals surface area (Å²) >= 11 is 3.41. The Hall–Kier alpha value is -2.34. The zero-order valence-electron chi connectivity index (χ0n) is 16.0. The van der Waals surface area contributed by atoms with Crippen molar-refractivity contribution in [1.82, 2.24) is 10.2 Å². The van der Waals surface area contributed by atoms with Crippen LogP contribution in [0.1, 0.15) is 29.8 Å². The normalized spacial score (nSPS) is 11.8. The van der Waals surface area contributed by atoms with Gasteiger partial charge in [0.05, 0.1) is 12.7 Å². The summed E-state index contributed by atoms with van der Waals surface area (Å²) in [5, 5.41) is 2.87. The van der Waals surface area contributed by atoms with E-state index in [4.69, 9.17) is 4.74 Å². The standard InChI is InChI=1S/C21H25BrN2O3/c1-14(2)19(23-20(25)17-7-5-6-8-18(17)27-4)21(26)24(3)13-15-9-11-16(22)12-10-15/h5-12,14,19H,13H2,1-4H3,(H,23,25)/t19-/m0/s1. The predicted octanol–water partition coefficient (Wildman–Crippen LogP) is 3.87. The Kier molecular flexibility index (Phi) is 7.42. The van der Waals surface area contributed by atoms with Crippen molar-refractivity contribution in [2.75, 3.05) is 14.2 Å². The number of hydrogen-bond acceptors (Lipinski definition) is 3. The van der Waals surface area contributed by atoms with Crippen LogP contribution in [0, 0.1) is 5.92 Å². The van der Waals surface area contributed by atoms with Crippen LogP contribution in [0.15, 0.2) is 53.0 Å². The fourth-order valence-corrected chi connectivity index (χ4v) is 3.01. The number of carbonyl (C=O) groups is 2. The first-order chi connectivity index (χ1) is 12.8. The maximum atomic E-state index is 12.9. The van der Waals surface area contributed by atoms with Gasteiger partial charge in [0, 0.05) is 18.1 Å². The number of nitrogens with zero attached hydrogens (tertiary/aromatic N) is 1. The van der Waals surface area contributed by atoms with Crippen LogP contribution < -0.4 is 10.1 Å². The quantitative estimate of drug-likeness (QED) is 0.722. The fraction of sp³-hybridized carbons (Fsp3) is 0.333. The van der Waals surface area contributed by atoms with E-state index >= 15 is 0 Å². The molecule has 0 fully saturated rings. The van der Waals surface area contributed by atoms with Crippen LogP contribution in [0.25, 0.3) is 0 Å². The van der Waals surface area contributed by atoms with Gasteiger partial charge in [-0.25, -0.2) is 0 Å². The van der Waals surface area contributed by atoms with E-state index in [1.54, 1.807) is 36.2 Å². The highest BCUT2D eigenvalue weighted by Gasteiger charge is 2.28. The summed E-state index contributed by atoms with van der Waals surface area (Å²) in [7, 11) is 3.26. The number of ether oxygens (including phenoxy) is 1. The van der Waals surface area contributed by atoms with Gasteiger partial charge in [-0.2, -0.15) is 0 Å². The number of likely N-dealkylation sites (N-methyl/N-ethyl adjacent to an activating group) is 1. The third-order valence-corrected chi connectivity index (χ3v) is 4.81. The lowest BCUT2D eigenvalue weighted by Gasteiger charge is -2.27. The van der Waals surface area contributed by atoms with E-state index in [2.05, 4.69) is 21.2 Å². The molecule has 2 aromatic rings. The Morgan fingerprint density at radius 1 is 1.11 bits per heavy atom.